The average molecular weight is 344 g/mol. The first-order valence-corrected chi connectivity index (χ1v) is 7.00. The lowest BCUT2D eigenvalue weighted by molar-refractivity contribution is 0.410. The van der Waals surface area contributed by atoms with Crippen LogP contribution in [0.2, 0.25) is 0 Å². The number of aryl methyl sites for hydroxylation is 1. The van der Waals surface area contributed by atoms with Gasteiger partial charge >= 0.3 is 0 Å². The number of halogens is 3. The first-order chi connectivity index (χ1) is 9.04. The molecule has 0 aromatic heterocycles. The Bertz CT molecular complexity index is 601. The minimum absolute atomic E-state index is 0.368. The Morgan fingerprint density at radius 3 is 2.58 bits per heavy atom. The molecule has 0 heterocycles. The molecule has 1 unspecified atom stereocenters. The van der Waals surface area contributed by atoms with Gasteiger partial charge in [0, 0.05) is 16.1 Å². The van der Waals surface area contributed by atoms with Crippen LogP contribution in [0.1, 0.15) is 22.1 Å². The first kappa shape index (κ1) is 14.4. The molecule has 19 heavy (non-hydrogen) atoms. The van der Waals surface area contributed by atoms with Crippen molar-refractivity contribution < 1.29 is 9.13 Å². The van der Waals surface area contributed by atoms with Crippen LogP contribution in [0.4, 0.5) is 4.39 Å². The highest BCUT2D eigenvalue weighted by Gasteiger charge is 2.18. The van der Waals surface area contributed by atoms with Crippen LogP contribution in [-0.2, 0) is 0 Å². The van der Waals surface area contributed by atoms with Gasteiger partial charge in [0.15, 0.2) is 0 Å². The third-order valence-electron chi connectivity index (χ3n) is 2.98. The van der Waals surface area contributed by atoms with E-state index in [0.29, 0.717) is 11.3 Å². The first-order valence-electron chi connectivity index (χ1n) is 5.77. The summed E-state index contributed by atoms with van der Waals surface area (Å²) in [6, 6.07) is 10.5. The fourth-order valence-electron chi connectivity index (χ4n) is 1.87. The standard InChI is InChI=1S/C15H13BrClFO/c1-9-4-3-5-12(14(9)16)15(17)11-7-6-10(19-2)8-13(11)18/h3-8,15H,1-2H3. The molecule has 0 N–H and O–H groups in total. The van der Waals surface area contributed by atoms with Crippen LogP contribution in [0, 0.1) is 12.7 Å². The lowest BCUT2D eigenvalue weighted by atomic mass is 10.0. The third-order valence-corrected chi connectivity index (χ3v) is 4.53. The van der Waals surface area contributed by atoms with Crippen LogP contribution < -0.4 is 4.74 Å². The Kier molecular flexibility index (Phi) is 4.48. The number of benzene rings is 2. The van der Waals surface area contributed by atoms with Crippen LogP contribution >= 0.6 is 27.5 Å². The number of ether oxygens (including phenoxy) is 1. The molecule has 4 heteroatoms. The number of hydrogen-bond acceptors (Lipinski definition) is 1. The van der Waals surface area contributed by atoms with Gasteiger partial charge in [-0.15, -0.1) is 11.6 Å². The topological polar surface area (TPSA) is 9.23 Å². The van der Waals surface area contributed by atoms with E-state index in [-0.39, 0.29) is 5.82 Å². The van der Waals surface area contributed by atoms with Crippen molar-refractivity contribution in [3.8, 4) is 5.75 Å². The van der Waals surface area contributed by atoms with Crippen molar-refractivity contribution >= 4 is 27.5 Å². The molecule has 1 atom stereocenters. The van der Waals surface area contributed by atoms with Crippen LogP contribution in [0.3, 0.4) is 0 Å². The summed E-state index contributed by atoms with van der Waals surface area (Å²) in [6.45, 7) is 1.97. The zero-order chi connectivity index (χ0) is 14.0. The SMILES string of the molecule is COc1ccc(C(Cl)c2cccc(C)c2Br)c(F)c1. The molecule has 0 aliphatic heterocycles. The van der Waals surface area contributed by atoms with E-state index < -0.39 is 5.38 Å². The molecule has 0 aliphatic rings. The van der Waals surface area contributed by atoms with E-state index in [1.807, 2.05) is 25.1 Å². The second kappa shape index (κ2) is 5.93. The average Bonchev–Trinajstić information content (AvgIpc) is 2.41. The lowest BCUT2D eigenvalue weighted by Crippen LogP contribution is -1.99. The van der Waals surface area contributed by atoms with Crippen molar-refractivity contribution in [3.63, 3.8) is 0 Å². The summed E-state index contributed by atoms with van der Waals surface area (Å²) in [5.41, 5.74) is 2.36. The predicted octanol–water partition coefficient (Wildman–Crippen LogP) is 5.23. The van der Waals surface area contributed by atoms with Gasteiger partial charge in [0.1, 0.15) is 11.6 Å². The molecule has 2 aromatic rings. The van der Waals surface area contributed by atoms with E-state index in [4.69, 9.17) is 16.3 Å². The van der Waals surface area contributed by atoms with Crippen molar-refractivity contribution in [3.05, 3.63) is 63.4 Å². The van der Waals surface area contributed by atoms with Crippen LogP contribution in [0.25, 0.3) is 0 Å². The van der Waals surface area contributed by atoms with Crippen molar-refractivity contribution in [2.75, 3.05) is 7.11 Å². The summed E-state index contributed by atoms with van der Waals surface area (Å²) in [4.78, 5) is 0. The van der Waals surface area contributed by atoms with E-state index in [0.717, 1.165) is 15.6 Å². The summed E-state index contributed by atoms with van der Waals surface area (Å²) in [6.07, 6.45) is 0. The Labute approximate surface area is 125 Å². The second-order valence-corrected chi connectivity index (χ2v) is 5.46. The van der Waals surface area contributed by atoms with Gasteiger partial charge in [-0.2, -0.15) is 0 Å². The molecule has 0 spiro atoms. The number of hydrogen-bond donors (Lipinski definition) is 0. The molecule has 0 radical (unpaired) electrons. The molecule has 0 amide bonds. The lowest BCUT2D eigenvalue weighted by Gasteiger charge is -2.15. The smallest absolute Gasteiger partial charge is 0.131 e. The van der Waals surface area contributed by atoms with Gasteiger partial charge in [0.2, 0.25) is 0 Å². The monoisotopic (exact) mass is 342 g/mol. The van der Waals surface area contributed by atoms with Gasteiger partial charge in [0.25, 0.3) is 0 Å². The van der Waals surface area contributed by atoms with E-state index in [2.05, 4.69) is 15.9 Å². The summed E-state index contributed by atoms with van der Waals surface area (Å²) >= 11 is 9.90. The fraction of sp³-hybridized carbons (Fsp3) is 0.200. The zero-order valence-corrected chi connectivity index (χ0v) is 12.9. The number of alkyl halides is 1. The fourth-order valence-corrected chi connectivity index (χ4v) is 2.86. The molecule has 0 saturated heterocycles. The van der Waals surface area contributed by atoms with Crippen LogP contribution in [0.15, 0.2) is 40.9 Å². The molecule has 0 bridgehead atoms. The maximum Gasteiger partial charge on any atom is 0.131 e. The highest BCUT2D eigenvalue weighted by molar-refractivity contribution is 9.10. The Balaban J connectivity index is 2.44. The summed E-state index contributed by atoms with van der Waals surface area (Å²) in [5.74, 6) is 0.112. The molecular formula is C15H13BrClFO. The molecule has 2 rings (SSSR count). The minimum Gasteiger partial charge on any atom is -0.497 e. The Hall–Kier alpha value is -1.06. The van der Waals surface area contributed by atoms with Gasteiger partial charge in [-0.25, -0.2) is 4.39 Å². The highest BCUT2D eigenvalue weighted by Crippen LogP contribution is 2.37. The molecule has 100 valence electrons. The molecular weight excluding hydrogens is 331 g/mol. The van der Waals surface area contributed by atoms with Gasteiger partial charge in [-0.1, -0.05) is 40.2 Å². The van der Waals surface area contributed by atoms with Crippen molar-refractivity contribution in [1.82, 2.24) is 0 Å². The van der Waals surface area contributed by atoms with Crippen LogP contribution in [-0.4, -0.2) is 7.11 Å². The Morgan fingerprint density at radius 2 is 1.95 bits per heavy atom. The van der Waals surface area contributed by atoms with Crippen LogP contribution in [0.5, 0.6) is 5.75 Å². The van der Waals surface area contributed by atoms with E-state index in [9.17, 15) is 4.39 Å². The summed E-state index contributed by atoms with van der Waals surface area (Å²) in [7, 11) is 1.50. The van der Waals surface area contributed by atoms with E-state index in [1.54, 1.807) is 12.1 Å². The molecule has 1 nitrogen and oxygen atoms in total. The minimum atomic E-state index is -0.541. The maximum absolute atomic E-state index is 14.0. The normalized spacial score (nSPS) is 12.3. The molecule has 0 fully saturated rings. The second-order valence-electron chi connectivity index (χ2n) is 4.23. The van der Waals surface area contributed by atoms with E-state index in [1.165, 1.54) is 13.2 Å². The molecule has 2 aromatic carbocycles. The number of methoxy groups -OCH3 is 1. The van der Waals surface area contributed by atoms with E-state index >= 15 is 0 Å². The summed E-state index contributed by atoms with van der Waals surface area (Å²) < 4.78 is 19.9. The quantitative estimate of drug-likeness (QED) is 0.693. The Morgan fingerprint density at radius 1 is 1.21 bits per heavy atom. The third kappa shape index (κ3) is 2.93. The van der Waals surface area contributed by atoms with Crippen molar-refractivity contribution in [1.29, 1.82) is 0 Å². The molecule has 0 saturated carbocycles. The highest BCUT2D eigenvalue weighted by atomic mass is 79.9. The van der Waals surface area contributed by atoms with Gasteiger partial charge < -0.3 is 4.74 Å². The largest absolute Gasteiger partial charge is 0.497 e. The van der Waals surface area contributed by atoms with Gasteiger partial charge in [-0.3, -0.25) is 0 Å². The predicted molar refractivity (Wildman–Crippen MR) is 79.5 cm³/mol. The van der Waals surface area contributed by atoms with Crippen molar-refractivity contribution in [2.24, 2.45) is 0 Å². The number of rotatable bonds is 3. The van der Waals surface area contributed by atoms with Crippen molar-refractivity contribution in [2.45, 2.75) is 12.3 Å². The summed E-state index contributed by atoms with van der Waals surface area (Å²) in [5, 5.41) is -0.541. The maximum atomic E-state index is 14.0. The zero-order valence-electron chi connectivity index (χ0n) is 10.6. The van der Waals surface area contributed by atoms with Gasteiger partial charge in [-0.05, 0) is 24.1 Å². The van der Waals surface area contributed by atoms with Gasteiger partial charge in [0.05, 0.1) is 12.5 Å². The molecule has 0 aliphatic carbocycles.